The number of nitrogens with zero attached hydrogens (tertiary/aromatic N) is 1. The Balaban J connectivity index is 1.83. The highest BCUT2D eigenvalue weighted by Gasteiger charge is 2.82. The van der Waals surface area contributed by atoms with Crippen LogP contribution in [0.4, 0.5) is 76.3 Å². The summed E-state index contributed by atoms with van der Waals surface area (Å²) in [5.74, 6) is -20.5. The molecule has 2 aromatic carbocycles. The van der Waals surface area contributed by atoms with Crippen molar-refractivity contribution in [2.45, 2.75) is 67.5 Å². The van der Waals surface area contributed by atoms with Gasteiger partial charge in [-0.25, -0.2) is 4.79 Å². The minimum Gasteiger partial charge on any atom is -0.314 e. The van der Waals surface area contributed by atoms with Crippen LogP contribution in [0.25, 0.3) is 0 Å². The lowest BCUT2D eigenvalue weighted by Crippen LogP contribution is -2.63. The molecule has 1 unspecified atom stereocenters. The average Bonchev–Trinajstić information content (AvgIpc) is 3.55. The largest absolute Gasteiger partial charge is 0.460 e. The van der Waals surface area contributed by atoms with E-state index in [9.17, 15) is 61.9 Å². The van der Waals surface area contributed by atoms with Gasteiger partial charge >= 0.3 is 42.3 Å². The van der Waals surface area contributed by atoms with Crippen molar-refractivity contribution >= 4 is 11.7 Å². The zero-order chi connectivity index (χ0) is 33.4. The monoisotopic (exact) mass is 660 g/mol. The minimum absolute atomic E-state index is 0.0763. The quantitative estimate of drug-likeness (QED) is 0.308. The van der Waals surface area contributed by atoms with E-state index in [1.54, 1.807) is 5.32 Å². The number of urea groups is 1. The van der Waals surface area contributed by atoms with Gasteiger partial charge in [0.05, 0.1) is 16.7 Å². The predicted octanol–water partition coefficient (Wildman–Crippen LogP) is 9.50. The Bertz CT molecular complexity index is 1360. The first kappa shape index (κ1) is 33.6. The molecule has 1 saturated heterocycles. The Morgan fingerprint density at radius 2 is 1.23 bits per heavy atom. The predicted molar refractivity (Wildman–Crippen MR) is 122 cm³/mol. The van der Waals surface area contributed by atoms with E-state index in [4.69, 9.17) is 0 Å². The van der Waals surface area contributed by atoms with Crippen molar-refractivity contribution in [1.82, 2.24) is 4.90 Å². The molecule has 4 rings (SSSR count). The number of hydrogen-bond donors (Lipinski definition) is 1. The van der Waals surface area contributed by atoms with E-state index in [0.29, 0.717) is 4.90 Å². The molecule has 0 radical (unpaired) electrons. The van der Waals surface area contributed by atoms with E-state index in [1.807, 2.05) is 0 Å². The Hall–Kier alpha value is -3.34. The van der Waals surface area contributed by atoms with Crippen LogP contribution in [0.5, 0.6) is 0 Å². The normalized spacial score (nSPS) is 21.1. The zero-order valence-corrected chi connectivity index (χ0v) is 21.7. The number of benzene rings is 2. The molecule has 2 aromatic rings. The summed E-state index contributed by atoms with van der Waals surface area (Å²) in [5, 5.41) is 1.70. The Kier molecular flexibility index (Phi) is 7.69. The summed E-state index contributed by atoms with van der Waals surface area (Å²) in [7, 11) is 0. The van der Waals surface area contributed by atoms with Gasteiger partial charge in [-0.3, -0.25) is 0 Å². The molecule has 244 valence electrons. The highest BCUT2D eigenvalue weighted by atomic mass is 19.4. The molecule has 2 aliphatic rings. The van der Waals surface area contributed by atoms with E-state index in [2.05, 4.69) is 0 Å². The van der Waals surface area contributed by atoms with E-state index in [1.165, 1.54) is 6.07 Å². The Morgan fingerprint density at radius 1 is 0.727 bits per heavy atom. The molecule has 18 heteroatoms. The summed E-state index contributed by atoms with van der Waals surface area (Å²) in [6.07, 6.45) is -20.7. The van der Waals surface area contributed by atoms with Crippen LogP contribution in [0.15, 0.2) is 48.5 Å². The number of rotatable bonds is 6. The van der Waals surface area contributed by atoms with E-state index < -0.39 is 95.0 Å². The number of alkyl halides is 15. The molecular formula is C26H19F15N2O. The van der Waals surface area contributed by atoms with Crippen LogP contribution in [0.3, 0.4) is 0 Å². The van der Waals surface area contributed by atoms with E-state index in [-0.39, 0.29) is 31.0 Å². The lowest BCUT2D eigenvalue weighted by molar-refractivity contribution is -0.399. The first-order chi connectivity index (χ1) is 19.8. The molecule has 44 heavy (non-hydrogen) atoms. The van der Waals surface area contributed by atoms with Gasteiger partial charge in [-0.1, -0.05) is 30.3 Å². The van der Waals surface area contributed by atoms with E-state index >= 15 is 8.78 Å². The van der Waals surface area contributed by atoms with Crippen LogP contribution in [0.2, 0.25) is 0 Å². The maximum absolute atomic E-state index is 15.2. The Morgan fingerprint density at radius 3 is 1.66 bits per heavy atom. The maximum atomic E-state index is 15.2. The number of carbonyl (C=O) groups excluding carboxylic acids is 1. The van der Waals surface area contributed by atoms with Crippen molar-refractivity contribution in [3.63, 3.8) is 0 Å². The highest BCUT2D eigenvalue weighted by Crippen LogP contribution is 2.65. The second-order valence-corrected chi connectivity index (χ2v) is 10.9. The van der Waals surface area contributed by atoms with Gasteiger partial charge in [0.25, 0.3) is 0 Å². The number of hydrogen-bond acceptors (Lipinski definition) is 1. The summed E-state index contributed by atoms with van der Waals surface area (Å²) in [5.41, 5.74) is -9.21. The molecular weight excluding hydrogens is 641 g/mol. The fourth-order valence-electron chi connectivity index (χ4n) is 5.41. The third-order valence-electron chi connectivity index (χ3n) is 7.75. The smallest absolute Gasteiger partial charge is 0.314 e. The molecule has 2 amide bonds. The summed E-state index contributed by atoms with van der Waals surface area (Å²) in [6, 6.07) is 3.75. The van der Waals surface area contributed by atoms with Crippen LogP contribution in [0, 0.1) is 5.41 Å². The third kappa shape index (κ3) is 5.75. The fourth-order valence-corrected chi connectivity index (χ4v) is 5.41. The number of likely N-dealkylation sites (tertiary alicyclic amines) is 1. The third-order valence-corrected chi connectivity index (χ3v) is 7.75. The molecule has 0 bridgehead atoms. The molecule has 2 fully saturated rings. The number of halogens is 15. The number of nitrogens with one attached hydrogen (secondary N) is 1. The van der Waals surface area contributed by atoms with Gasteiger partial charge in [0, 0.05) is 18.7 Å². The summed E-state index contributed by atoms with van der Waals surface area (Å²) >= 11 is 0. The first-order valence-electron chi connectivity index (χ1n) is 12.4. The lowest BCUT2D eigenvalue weighted by Gasteiger charge is -2.43. The van der Waals surface area contributed by atoms with Gasteiger partial charge in [-0.05, 0) is 48.4 Å². The molecule has 0 aromatic heterocycles. The highest BCUT2D eigenvalue weighted by molar-refractivity contribution is 5.90. The lowest BCUT2D eigenvalue weighted by atomic mass is 9.77. The second-order valence-electron chi connectivity index (χ2n) is 10.9. The molecule has 1 spiro atoms. The van der Waals surface area contributed by atoms with Crippen LogP contribution in [-0.4, -0.2) is 41.4 Å². The van der Waals surface area contributed by atoms with Gasteiger partial charge in [0.15, 0.2) is 0 Å². The van der Waals surface area contributed by atoms with Crippen LogP contribution in [-0.2, 0) is 17.9 Å². The molecule has 1 saturated carbocycles. The average molecular weight is 660 g/mol. The minimum atomic E-state index is -7.24. The molecule has 1 aliphatic carbocycles. The van der Waals surface area contributed by atoms with Gasteiger partial charge < -0.3 is 10.2 Å². The summed E-state index contributed by atoms with van der Waals surface area (Å²) in [4.78, 5) is 13.8. The van der Waals surface area contributed by atoms with Crippen molar-refractivity contribution in [2.24, 2.45) is 5.41 Å². The topological polar surface area (TPSA) is 32.3 Å². The molecule has 1 aliphatic heterocycles. The van der Waals surface area contributed by atoms with Crippen LogP contribution >= 0.6 is 0 Å². The van der Waals surface area contributed by atoms with Gasteiger partial charge in [0.2, 0.25) is 0 Å². The maximum Gasteiger partial charge on any atom is 0.460 e. The van der Waals surface area contributed by atoms with Crippen molar-refractivity contribution < 1.29 is 70.7 Å². The zero-order valence-electron chi connectivity index (χ0n) is 21.7. The van der Waals surface area contributed by atoms with Crippen molar-refractivity contribution in [3.8, 4) is 0 Å². The van der Waals surface area contributed by atoms with Crippen molar-refractivity contribution in [1.29, 1.82) is 0 Å². The number of carbonyl (C=O) groups is 1. The summed E-state index contributed by atoms with van der Waals surface area (Å²) < 4.78 is 205. The number of amides is 2. The Labute approximate surface area is 238 Å². The van der Waals surface area contributed by atoms with Crippen molar-refractivity contribution in [3.05, 3.63) is 65.2 Å². The van der Waals surface area contributed by atoms with Crippen molar-refractivity contribution in [2.75, 3.05) is 11.9 Å². The standard InChI is InChI=1S/C26H19F15N2O/c27-21(28,24(35,36)25(37,38)26(39,40)41)12-20(14-4-2-1-3-5-14)11-19(6-7-19)13-43(20)18(44)42-17-9-15(22(29,30)31)8-16(10-17)23(32,33)34/h1-5,8-10H,6-7,11-13H2,(H,42,44). The first-order valence-corrected chi connectivity index (χ1v) is 12.4. The molecule has 3 nitrogen and oxygen atoms in total. The molecule has 1 heterocycles. The second kappa shape index (κ2) is 10.1. The summed E-state index contributed by atoms with van der Waals surface area (Å²) in [6.45, 7) is -0.615. The molecule has 1 N–H and O–H groups in total. The molecule has 1 atom stereocenters. The van der Waals surface area contributed by atoms with Gasteiger partial charge in [-0.2, -0.15) is 65.9 Å². The van der Waals surface area contributed by atoms with E-state index in [0.717, 1.165) is 24.3 Å². The fraction of sp³-hybridized carbons (Fsp3) is 0.500. The number of anilines is 1. The van der Waals surface area contributed by atoms with Crippen LogP contribution < -0.4 is 5.32 Å². The van der Waals surface area contributed by atoms with Gasteiger partial charge in [-0.15, -0.1) is 0 Å². The van der Waals surface area contributed by atoms with Crippen LogP contribution in [0.1, 0.15) is 42.4 Å². The SMILES string of the molecule is O=C(Nc1cc(C(F)(F)F)cc(C(F)(F)F)c1)N1CC2(CC2)CC1(CC(F)(F)C(F)(F)C(F)(F)C(F)(F)F)c1ccccc1. The van der Waals surface area contributed by atoms with Gasteiger partial charge in [0.1, 0.15) is 0 Å².